The summed E-state index contributed by atoms with van der Waals surface area (Å²) in [6.45, 7) is 4.36. The number of amides is 1. The first kappa shape index (κ1) is 74.2. The molecule has 7 unspecified atom stereocenters. The quantitative estimate of drug-likeness (QED) is 0.0195. The van der Waals surface area contributed by atoms with E-state index >= 15 is 0 Å². The van der Waals surface area contributed by atoms with Gasteiger partial charge in [0.25, 0.3) is 0 Å². The molecule has 1 amide bonds. The highest BCUT2D eigenvalue weighted by atomic mass is 16.7. The number of allylic oxidation sites excluding steroid dienone is 3. The lowest BCUT2D eigenvalue weighted by Crippen LogP contribution is -2.60. The molecule has 0 saturated carbocycles. The number of carbonyl (C=O) groups is 2. The number of ether oxygens (including phenoxy) is 3. The third-order valence-electron chi connectivity index (χ3n) is 16.1. The lowest BCUT2D eigenvalue weighted by Gasteiger charge is -2.40. The van der Waals surface area contributed by atoms with Gasteiger partial charge in [0.1, 0.15) is 24.4 Å². The van der Waals surface area contributed by atoms with Crippen LogP contribution in [0.5, 0.6) is 0 Å². The van der Waals surface area contributed by atoms with Gasteiger partial charge in [0.05, 0.1) is 32.0 Å². The van der Waals surface area contributed by atoms with Crippen LogP contribution < -0.4 is 5.32 Å². The van der Waals surface area contributed by atoms with Gasteiger partial charge in [0.2, 0.25) is 5.91 Å². The van der Waals surface area contributed by atoms with Crippen LogP contribution in [0.4, 0.5) is 0 Å². The lowest BCUT2D eigenvalue weighted by atomic mass is 9.99. The van der Waals surface area contributed by atoms with Gasteiger partial charge < -0.3 is 45.1 Å². The van der Waals surface area contributed by atoms with Gasteiger partial charge in [-0.05, 0) is 57.8 Å². The first-order valence-corrected chi connectivity index (χ1v) is 33.6. The summed E-state index contributed by atoms with van der Waals surface area (Å²) in [5.74, 6) is -0.177. The zero-order valence-electron chi connectivity index (χ0n) is 50.9. The third kappa shape index (κ3) is 45.7. The molecule has 1 fully saturated rings. The number of unbranched alkanes of at least 4 members (excludes halogenated alkanes) is 43. The van der Waals surface area contributed by atoms with Crippen molar-refractivity contribution >= 4 is 11.9 Å². The van der Waals surface area contributed by atoms with E-state index in [-0.39, 0.29) is 18.5 Å². The average Bonchev–Trinajstić information content (AvgIpc) is 3.44. The van der Waals surface area contributed by atoms with Gasteiger partial charge in [-0.2, -0.15) is 0 Å². The second-order valence-corrected chi connectivity index (χ2v) is 23.5. The molecular formula is C67H127NO10. The minimum Gasteiger partial charge on any atom is -0.466 e. The van der Waals surface area contributed by atoms with Gasteiger partial charge in [-0.15, -0.1) is 0 Å². The van der Waals surface area contributed by atoms with E-state index in [9.17, 15) is 35.1 Å². The summed E-state index contributed by atoms with van der Waals surface area (Å²) in [7, 11) is 0. The number of esters is 1. The van der Waals surface area contributed by atoms with E-state index < -0.39 is 49.5 Å². The van der Waals surface area contributed by atoms with Gasteiger partial charge in [-0.3, -0.25) is 9.59 Å². The number of aliphatic hydroxyl groups excluding tert-OH is 5. The monoisotopic (exact) mass is 1110 g/mol. The first-order chi connectivity index (χ1) is 38.2. The summed E-state index contributed by atoms with van der Waals surface area (Å²) in [6, 6.07) is -0.811. The molecule has 11 heteroatoms. The topological polar surface area (TPSA) is 175 Å². The molecule has 0 aromatic heterocycles. The van der Waals surface area contributed by atoms with Crippen LogP contribution in [0.25, 0.3) is 0 Å². The van der Waals surface area contributed by atoms with Crippen molar-refractivity contribution in [3.8, 4) is 0 Å². The summed E-state index contributed by atoms with van der Waals surface area (Å²) in [6.07, 6.45) is 60.0. The number of nitrogens with one attached hydrogen (secondary N) is 1. The summed E-state index contributed by atoms with van der Waals surface area (Å²) < 4.78 is 16.7. The molecule has 0 radical (unpaired) electrons. The fourth-order valence-corrected chi connectivity index (χ4v) is 10.7. The Labute approximate surface area is 480 Å². The molecule has 7 atom stereocenters. The Balaban J connectivity index is 2.02. The summed E-state index contributed by atoms with van der Waals surface area (Å²) in [4.78, 5) is 25.1. The average molecular weight is 1110 g/mol. The molecule has 6 N–H and O–H groups in total. The van der Waals surface area contributed by atoms with Gasteiger partial charge in [-0.1, -0.05) is 282 Å². The molecule has 0 bridgehead atoms. The van der Waals surface area contributed by atoms with Crippen molar-refractivity contribution < 1.29 is 49.3 Å². The zero-order valence-corrected chi connectivity index (χ0v) is 50.9. The van der Waals surface area contributed by atoms with Crippen molar-refractivity contribution in [2.24, 2.45) is 0 Å². The highest BCUT2D eigenvalue weighted by molar-refractivity contribution is 5.76. The molecule has 0 aromatic carbocycles. The van der Waals surface area contributed by atoms with Crippen molar-refractivity contribution in [3.05, 3.63) is 24.3 Å². The van der Waals surface area contributed by atoms with E-state index in [0.29, 0.717) is 19.4 Å². The summed E-state index contributed by atoms with van der Waals surface area (Å²) >= 11 is 0. The molecule has 0 aromatic rings. The fourth-order valence-electron chi connectivity index (χ4n) is 10.7. The molecule has 0 spiro atoms. The maximum Gasteiger partial charge on any atom is 0.305 e. The molecule has 1 aliphatic rings. The molecule has 1 rings (SSSR count). The number of rotatable bonds is 59. The van der Waals surface area contributed by atoms with Crippen molar-refractivity contribution in [1.29, 1.82) is 0 Å². The SMILES string of the molecule is CCCCCCCCCCCCC/C=C/C(O)C(COC1OC(CO)C(O)C(O)C1O)NC(=O)CCCCCCCCCCCC/C=C\CCCCCCCCCCCCCCOC(=O)CCCCCCCCCCCCC. The van der Waals surface area contributed by atoms with Crippen LogP contribution >= 0.6 is 0 Å². The number of aliphatic hydroxyl groups is 5. The normalized spacial score (nSPS) is 18.6. The van der Waals surface area contributed by atoms with Crippen LogP contribution in [0.3, 0.4) is 0 Å². The Morgan fingerprint density at radius 1 is 0.462 bits per heavy atom. The van der Waals surface area contributed by atoms with E-state index in [4.69, 9.17) is 14.2 Å². The van der Waals surface area contributed by atoms with Crippen LogP contribution in [0.15, 0.2) is 24.3 Å². The molecule has 460 valence electrons. The standard InChI is InChI=1S/C67H127NO10/c1-3-5-7-9-11-13-15-30-34-37-41-45-49-53-60(70)59(58-77-67-66(75)65(74)64(73)61(57-69)78-67)68-62(71)54-50-46-42-38-35-31-28-26-24-22-20-18-16-17-19-21-23-25-27-29-32-36-40-44-48-52-56-76-63(72)55-51-47-43-39-33-14-12-10-8-6-4-2/h16,18,49,53,59-61,64-67,69-70,73-75H,3-15,17,19-48,50-52,54-58H2,1-2H3,(H,68,71)/b18-16-,53-49+. The highest BCUT2D eigenvalue weighted by Crippen LogP contribution is 2.23. The predicted octanol–water partition coefficient (Wildman–Crippen LogP) is 16.5. The highest BCUT2D eigenvalue weighted by Gasteiger charge is 2.44. The fraction of sp³-hybridized carbons (Fsp3) is 0.910. The number of hydrogen-bond donors (Lipinski definition) is 6. The number of carbonyl (C=O) groups excluding carboxylic acids is 2. The van der Waals surface area contributed by atoms with E-state index in [1.165, 1.54) is 244 Å². The molecule has 1 heterocycles. The molecule has 1 saturated heterocycles. The molecule has 78 heavy (non-hydrogen) atoms. The largest absolute Gasteiger partial charge is 0.466 e. The van der Waals surface area contributed by atoms with Gasteiger partial charge in [-0.25, -0.2) is 0 Å². The number of hydrogen-bond acceptors (Lipinski definition) is 10. The Hall–Kier alpha value is -1.86. The minimum atomic E-state index is -1.57. The summed E-state index contributed by atoms with van der Waals surface area (Å²) in [5, 5.41) is 54.5. The van der Waals surface area contributed by atoms with Crippen LogP contribution in [-0.4, -0.2) is 100 Å². The maximum absolute atomic E-state index is 13.1. The van der Waals surface area contributed by atoms with Gasteiger partial charge in [0.15, 0.2) is 6.29 Å². The Morgan fingerprint density at radius 3 is 1.23 bits per heavy atom. The second kappa shape index (κ2) is 57.0. The van der Waals surface area contributed by atoms with Crippen molar-refractivity contribution in [2.75, 3.05) is 19.8 Å². The lowest BCUT2D eigenvalue weighted by molar-refractivity contribution is -0.302. The van der Waals surface area contributed by atoms with Crippen molar-refractivity contribution in [1.82, 2.24) is 5.32 Å². The third-order valence-corrected chi connectivity index (χ3v) is 16.1. The van der Waals surface area contributed by atoms with Gasteiger partial charge >= 0.3 is 5.97 Å². The maximum atomic E-state index is 13.1. The van der Waals surface area contributed by atoms with Crippen molar-refractivity contribution in [3.63, 3.8) is 0 Å². The molecule has 1 aliphatic heterocycles. The van der Waals surface area contributed by atoms with Crippen LogP contribution in [0, 0.1) is 0 Å². The Bertz CT molecular complexity index is 1350. The van der Waals surface area contributed by atoms with Gasteiger partial charge in [0, 0.05) is 12.8 Å². The van der Waals surface area contributed by atoms with E-state index in [2.05, 4.69) is 31.3 Å². The smallest absolute Gasteiger partial charge is 0.305 e. The van der Waals surface area contributed by atoms with Crippen LogP contribution in [-0.2, 0) is 23.8 Å². The van der Waals surface area contributed by atoms with E-state index in [1.54, 1.807) is 6.08 Å². The second-order valence-electron chi connectivity index (χ2n) is 23.5. The van der Waals surface area contributed by atoms with Crippen LogP contribution in [0.2, 0.25) is 0 Å². The Morgan fingerprint density at radius 2 is 0.821 bits per heavy atom. The molecule has 0 aliphatic carbocycles. The van der Waals surface area contributed by atoms with E-state index in [0.717, 1.165) is 57.8 Å². The van der Waals surface area contributed by atoms with Crippen molar-refractivity contribution in [2.45, 2.75) is 371 Å². The first-order valence-electron chi connectivity index (χ1n) is 33.6. The molecular weight excluding hydrogens is 979 g/mol. The van der Waals surface area contributed by atoms with Crippen LogP contribution in [0.1, 0.15) is 328 Å². The Kier molecular flexibility index (Phi) is 54.2. The predicted molar refractivity (Wildman–Crippen MR) is 324 cm³/mol. The summed E-state index contributed by atoms with van der Waals surface area (Å²) in [5.41, 5.74) is 0. The van der Waals surface area contributed by atoms with E-state index in [1.807, 2.05) is 6.08 Å². The zero-order chi connectivity index (χ0) is 56.6. The molecule has 11 nitrogen and oxygen atoms in total. The minimum absolute atomic E-state index is 0.00436.